The van der Waals surface area contributed by atoms with Crippen molar-refractivity contribution in [2.24, 2.45) is 10.3 Å². The number of oxime groups is 1. The molecule has 3 N–H and O–H groups in total. The fourth-order valence-electron chi connectivity index (χ4n) is 4.54. The lowest BCUT2D eigenvalue weighted by Gasteiger charge is -2.23. The van der Waals surface area contributed by atoms with E-state index in [0.717, 1.165) is 22.5 Å². The van der Waals surface area contributed by atoms with Crippen LogP contribution in [0.4, 0.5) is 14.7 Å². The van der Waals surface area contributed by atoms with Crippen LogP contribution in [0.1, 0.15) is 74.4 Å². The number of nitrogens with one attached hydrogen (secondary N) is 2. The number of thiazole rings is 1. The molecule has 3 aromatic rings. The lowest BCUT2D eigenvalue weighted by atomic mass is 10.1. The normalized spacial score (nSPS) is 12.5. The highest BCUT2D eigenvalue weighted by molar-refractivity contribution is 7.14. The Labute approximate surface area is 328 Å². The van der Waals surface area contributed by atoms with Crippen LogP contribution in [-0.2, 0) is 41.7 Å². The Bertz CT molecular complexity index is 1900. The minimum absolute atomic E-state index is 0.0609. The average molecular weight is 801 g/mol. The van der Waals surface area contributed by atoms with Gasteiger partial charge < -0.3 is 34.2 Å². The summed E-state index contributed by atoms with van der Waals surface area (Å²) < 4.78 is 25.7. The van der Waals surface area contributed by atoms with Crippen LogP contribution in [0.15, 0.2) is 52.3 Å². The Hall–Kier alpha value is -5.88. The molecular formula is C36H50N9O10S+. The van der Waals surface area contributed by atoms with Gasteiger partial charge in [-0.05, 0) is 92.0 Å². The number of ether oxygens (including phenoxy) is 4. The van der Waals surface area contributed by atoms with Crippen LogP contribution in [0, 0.1) is 0 Å². The monoisotopic (exact) mass is 800 g/mol. The minimum atomic E-state index is -1.50. The zero-order chi connectivity index (χ0) is 41.7. The Morgan fingerprint density at radius 1 is 0.964 bits per heavy atom. The zero-order valence-corrected chi connectivity index (χ0v) is 33.8. The van der Waals surface area contributed by atoms with Gasteiger partial charge in [0.05, 0.1) is 24.8 Å². The summed E-state index contributed by atoms with van der Waals surface area (Å²) in [5.74, 6) is -1.97. The predicted octanol–water partition coefficient (Wildman–Crippen LogP) is 6.07. The average Bonchev–Trinajstić information content (AvgIpc) is 3.69. The number of aromatic nitrogens is 3. The van der Waals surface area contributed by atoms with Crippen molar-refractivity contribution in [3.63, 3.8) is 0 Å². The summed E-state index contributed by atoms with van der Waals surface area (Å²) in [4.78, 5) is 61.8. The van der Waals surface area contributed by atoms with Gasteiger partial charge in [0.15, 0.2) is 11.7 Å². The summed E-state index contributed by atoms with van der Waals surface area (Å²) in [7, 11) is 0. The predicted molar refractivity (Wildman–Crippen MR) is 205 cm³/mol. The SMILES string of the molecule is CC(C)(C)OC(=O)NCCCn1cc(-c2ccc(OC[C@H](O/N=C(\C(=O)O)c3csc(NC(=O)OC(C)(C)C)n3)C(=O)OC(C)(C)C)cc2)c[n+]1CCN=[N+]=[N-]. The van der Waals surface area contributed by atoms with Gasteiger partial charge in [0.2, 0.25) is 11.9 Å². The number of anilines is 1. The van der Waals surface area contributed by atoms with Crippen molar-refractivity contribution in [2.45, 2.75) is 105 Å². The first kappa shape index (κ1) is 44.5. The standard InChI is InChI=1S/C36H49N9O10S/c1-34(2,3)52-30(48)27(55-42-28(29(46)47)26-22-56-31(40-26)41-33(50)54-36(7,8)9)21-51-25-13-11-23(12-14-25)24-19-44(45(20-24)18-16-39-43-37)17-10-15-38-32(49)53-35(4,5)6/h11-14,19-20,22,27H,10,15-18,21H2,1-9H3,(H2-,38,40,41,46,47,49,50)/p+1/b42-28-/t27-/m0/s1. The van der Waals surface area contributed by atoms with E-state index in [4.69, 9.17) is 29.3 Å². The summed E-state index contributed by atoms with van der Waals surface area (Å²) in [6.45, 7) is 16.7. The maximum atomic E-state index is 13.1. The summed E-state index contributed by atoms with van der Waals surface area (Å²) in [6.07, 6.45) is 1.71. The molecule has 0 aliphatic carbocycles. The number of nitrogens with zero attached hydrogens (tertiary/aromatic N) is 7. The lowest BCUT2D eigenvalue weighted by molar-refractivity contribution is -0.773. The molecule has 0 aliphatic heterocycles. The molecule has 0 bridgehead atoms. The Morgan fingerprint density at radius 2 is 1.61 bits per heavy atom. The van der Waals surface area contributed by atoms with E-state index in [1.165, 1.54) is 5.38 Å². The number of rotatable bonds is 17. The number of benzene rings is 1. The second-order valence-corrected chi connectivity index (χ2v) is 16.0. The van der Waals surface area contributed by atoms with Crippen molar-refractivity contribution in [1.82, 2.24) is 15.0 Å². The molecule has 0 fully saturated rings. The second-order valence-electron chi connectivity index (χ2n) is 15.1. The topological polar surface area (TPSA) is 242 Å². The first-order valence-corrected chi connectivity index (χ1v) is 18.5. The number of alkyl carbamates (subject to hydrolysis) is 1. The number of azide groups is 1. The van der Waals surface area contributed by atoms with Crippen LogP contribution in [0.2, 0.25) is 0 Å². The number of amides is 2. The number of aliphatic carboxylic acids is 1. The second kappa shape index (κ2) is 19.6. The van der Waals surface area contributed by atoms with Gasteiger partial charge in [-0.25, -0.2) is 24.2 Å². The number of carbonyl (C=O) groups is 4. The van der Waals surface area contributed by atoms with Crippen molar-refractivity contribution >= 4 is 46.3 Å². The lowest BCUT2D eigenvalue weighted by Crippen LogP contribution is -2.44. The molecule has 56 heavy (non-hydrogen) atoms. The Morgan fingerprint density at radius 3 is 2.21 bits per heavy atom. The molecule has 20 heteroatoms. The Balaban J connectivity index is 1.74. The number of carbonyl (C=O) groups excluding carboxylic acids is 3. The van der Waals surface area contributed by atoms with Gasteiger partial charge in [-0.3, -0.25) is 5.32 Å². The third-order valence-corrected chi connectivity index (χ3v) is 7.48. The quantitative estimate of drug-likeness (QED) is 0.0163. The summed E-state index contributed by atoms with van der Waals surface area (Å²) in [6, 6.07) is 7.00. The fraction of sp³-hybridized carbons (Fsp3) is 0.528. The Kier molecular flexibility index (Phi) is 15.6. The molecule has 0 saturated carbocycles. The first-order valence-electron chi connectivity index (χ1n) is 17.6. The third-order valence-electron chi connectivity index (χ3n) is 6.72. The fourth-order valence-corrected chi connectivity index (χ4v) is 5.22. The van der Waals surface area contributed by atoms with Gasteiger partial charge in [-0.1, -0.05) is 22.4 Å². The van der Waals surface area contributed by atoms with Gasteiger partial charge in [-0.15, -0.1) is 16.0 Å². The van der Waals surface area contributed by atoms with E-state index < -0.39 is 52.7 Å². The number of carboxylic acid groups (broad SMARTS) is 1. The van der Waals surface area contributed by atoms with Gasteiger partial charge in [0.1, 0.15) is 34.9 Å². The number of aryl methyl sites for hydroxylation is 1. The van der Waals surface area contributed by atoms with Crippen molar-refractivity contribution in [1.29, 1.82) is 0 Å². The molecule has 0 aliphatic rings. The first-order chi connectivity index (χ1) is 26.1. The molecule has 1 aromatic carbocycles. The zero-order valence-electron chi connectivity index (χ0n) is 33.0. The van der Waals surface area contributed by atoms with Crippen molar-refractivity contribution in [3.05, 3.63) is 58.2 Å². The van der Waals surface area contributed by atoms with Crippen LogP contribution in [0.5, 0.6) is 5.75 Å². The maximum Gasteiger partial charge on any atom is 0.413 e. The molecule has 0 saturated heterocycles. The van der Waals surface area contributed by atoms with E-state index >= 15 is 0 Å². The summed E-state index contributed by atoms with van der Waals surface area (Å²) >= 11 is 0.941. The molecule has 1 atom stereocenters. The molecule has 2 aromatic heterocycles. The number of esters is 1. The third kappa shape index (κ3) is 15.8. The van der Waals surface area contributed by atoms with E-state index in [-0.39, 0.29) is 24.0 Å². The van der Waals surface area contributed by atoms with Crippen LogP contribution in [-0.4, -0.2) is 87.2 Å². The highest BCUT2D eigenvalue weighted by atomic mass is 32.1. The summed E-state index contributed by atoms with van der Waals surface area (Å²) in [5, 5.41) is 23.8. The number of carboxylic acids is 1. The number of hydrogen-bond acceptors (Lipinski definition) is 13. The highest BCUT2D eigenvalue weighted by Crippen LogP contribution is 2.23. The molecular weight excluding hydrogens is 751 g/mol. The highest BCUT2D eigenvalue weighted by Gasteiger charge is 2.30. The van der Waals surface area contributed by atoms with Gasteiger partial charge in [0.25, 0.3) is 6.10 Å². The van der Waals surface area contributed by atoms with Gasteiger partial charge >= 0.3 is 24.1 Å². The van der Waals surface area contributed by atoms with Crippen LogP contribution >= 0.6 is 11.3 Å². The molecule has 3 rings (SSSR count). The van der Waals surface area contributed by atoms with E-state index in [9.17, 15) is 24.3 Å². The van der Waals surface area contributed by atoms with Gasteiger partial charge in [0, 0.05) is 16.8 Å². The smallest absolute Gasteiger partial charge is 0.413 e. The van der Waals surface area contributed by atoms with E-state index in [1.807, 2.05) is 33.9 Å². The van der Waals surface area contributed by atoms with E-state index in [1.54, 1.807) is 74.4 Å². The van der Waals surface area contributed by atoms with Crippen molar-refractivity contribution in [2.75, 3.05) is 25.0 Å². The van der Waals surface area contributed by atoms with Crippen molar-refractivity contribution < 1.29 is 52.8 Å². The molecule has 2 heterocycles. The maximum absolute atomic E-state index is 13.1. The molecule has 2 amide bonds. The molecule has 0 spiro atoms. The van der Waals surface area contributed by atoms with E-state index in [2.05, 4.69) is 30.8 Å². The molecule has 0 unspecified atom stereocenters. The molecule has 0 radical (unpaired) electrons. The summed E-state index contributed by atoms with van der Waals surface area (Å²) in [5.41, 5.74) is 7.43. The van der Waals surface area contributed by atoms with Crippen LogP contribution in [0.3, 0.4) is 0 Å². The van der Waals surface area contributed by atoms with E-state index in [0.29, 0.717) is 31.8 Å². The molecule has 304 valence electrons. The molecule has 19 nitrogen and oxygen atoms in total. The largest absolute Gasteiger partial charge is 0.489 e. The van der Waals surface area contributed by atoms with Crippen LogP contribution < -0.4 is 20.1 Å². The van der Waals surface area contributed by atoms with Crippen LogP contribution in [0.25, 0.3) is 21.6 Å². The van der Waals surface area contributed by atoms with Crippen molar-refractivity contribution in [3.8, 4) is 16.9 Å². The van der Waals surface area contributed by atoms with Gasteiger partial charge in [-0.2, -0.15) is 4.68 Å². The minimum Gasteiger partial charge on any atom is -0.489 e. The number of hydrogen-bond donors (Lipinski definition) is 3.